The summed E-state index contributed by atoms with van der Waals surface area (Å²) in [7, 11) is 2.13. The van der Waals surface area contributed by atoms with Gasteiger partial charge in [-0.15, -0.1) is 0 Å². The van der Waals surface area contributed by atoms with Crippen molar-refractivity contribution in [2.75, 3.05) is 55.3 Å². The topological polar surface area (TPSA) is 140 Å². The number of carbonyl (C=O) groups excluding carboxylic acids is 2. The van der Waals surface area contributed by atoms with Crippen LogP contribution in [0.3, 0.4) is 0 Å². The minimum Gasteiger partial charge on any atom is -0.480 e. The molecule has 0 radical (unpaired) electrons. The predicted octanol–water partition coefficient (Wildman–Crippen LogP) is 4.59. The zero-order valence-electron chi connectivity index (χ0n) is 27.2. The van der Waals surface area contributed by atoms with Gasteiger partial charge in [-0.2, -0.15) is 0 Å². The molecule has 3 heterocycles. The number of carboxylic acid groups (broad SMARTS) is 1. The maximum atomic E-state index is 13.3. The molecule has 2 aliphatic heterocycles. The van der Waals surface area contributed by atoms with Crippen molar-refractivity contribution in [3.63, 3.8) is 0 Å². The molecule has 0 saturated carbocycles. The Kier molecular flexibility index (Phi) is 13.1. The molecule has 46 heavy (non-hydrogen) atoms. The van der Waals surface area contributed by atoms with E-state index in [-0.39, 0.29) is 24.2 Å². The number of allylic oxidation sites excluding steroid dienone is 1. The predicted molar refractivity (Wildman–Crippen MR) is 183 cm³/mol. The Morgan fingerprint density at radius 1 is 1.11 bits per heavy atom. The van der Waals surface area contributed by atoms with Crippen molar-refractivity contribution in [2.24, 2.45) is 11.8 Å². The second-order valence-electron chi connectivity index (χ2n) is 12.4. The highest BCUT2D eigenvalue weighted by atomic mass is 16.4. The number of nitrogens with one attached hydrogen (secondary N) is 3. The summed E-state index contributed by atoms with van der Waals surface area (Å²) in [6.45, 7) is 9.98. The van der Waals surface area contributed by atoms with Gasteiger partial charge in [-0.3, -0.25) is 9.59 Å². The molecule has 11 heteroatoms. The van der Waals surface area contributed by atoms with Crippen molar-refractivity contribution in [3.8, 4) is 0 Å². The summed E-state index contributed by atoms with van der Waals surface area (Å²) in [5, 5.41) is 19.0. The third-order valence-corrected chi connectivity index (χ3v) is 8.91. The van der Waals surface area contributed by atoms with Gasteiger partial charge in [0.15, 0.2) is 0 Å². The first-order valence-electron chi connectivity index (χ1n) is 16.4. The van der Waals surface area contributed by atoms with Crippen LogP contribution >= 0.6 is 0 Å². The van der Waals surface area contributed by atoms with Gasteiger partial charge in [0.1, 0.15) is 24.0 Å². The molecule has 2 atom stereocenters. The summed E-state index contributed by atoms with van der Waals surface area (Å²) >= 11 is 0. The number of nitrogens with zero attached hydrogens (tertiary/aromatic N) is 4. The van der Waals surface area contributed by atoms with E-state index in [9.17, 15) is 19.5 Å². The van der Waals surface area contributed by atoms with Crippen LogP contribution in [0.25, 0.3) is 6.08 Å². The van der Waals surface area contributed by atoms with Crippen molar-refractivity contribution in [1.29, 1.82) is 0 Å². The Bertz CT molecular complexity index is 1360. The molecule has 2 saturated heterocycles. The average molecular weight is 632 g/mol. The molecule has 1 unspecified atom stereocenters. The molecule has 1 aromatic carbocycles. The lowest BCUT2D eigenvalue weighted by molar-refractivity contribution is -0.142. The minimum absolute atomic E-state index is 0.0112. The van der Waals surface area contributed by atoms with Gasteiger partial charge in [-0.1, -0.05) is 36.9 Å². The Hall–Kier alpha value is -4.25. The van der Waals surface area contributed by atoms with Gasteiger partial charge in [-0.25, -0.2) is 14.8 Å². The third-order valence-electron chi connectivity index (χ3n) is 8.91. The van der Waals surface area contributed by atoms with E-state index < -0.39 is 12.0 Å². The summed E-state index contributed by atoms with van der Waals surface area (Å²) in [6.07, 6.45) is 13.4. The molecule has 1 aromatic heterocycles. The van der Waals surface area contributed by atoms with Crippen molar-refractivity contribution in [2.45, 2.75) is 64.3 Å². The fraction of sp³-hybridized carbons (Fsp3) is 0.514. The SMILES string of the molecule is C=Cc1c(NCC/C=C/C)ncnc1N1CCCC(C(=O)N[C@@H](Cc2ccc(NC(=O)CCC3CCN(C)CC3)cc2)C(=O)O)C1. The van der Waals surface area contributed by atoms with Crippen LogP contribution in [0.1, 0.15) is 63.0 Å². The van der Waals surface area contributed by atoms with Gasteiger partial charge >= 0.3 is 5.97 Å². The molecular weight excluding hydrogens is 582 g/mol. The standard InChI is InChI=1S/C35H49N7O4/c1-4-6-7-18-36-32-29(5-2)33(38-24-37-32)42-19-8-9-27(23-42)34(44)40-30(35(45)46)22-26-10-13-28(14-11-26)39-31(43)15-12-25-16-20-41(3)21-17-25/h4-6,10-11,13-14,24-25,27,30H,2,7-9,12,15-23H2,1,3H3,(H,39,43)(H,40,44)(H,45,46)(H,36,37,38)/b6-4+/t27?,30-/m0/s1. The van der Waals surface area contributed by atoms with Crippen LogP contribution in [0.2, 0.25) is 0 Å². The first kappa shape index (κ1) is 34.6. The van der Waals surface area contributed by atoms with Crippen molar-refractivity contribution in [3.05, 3.63) is 60.5 Å². The van der Waals surface area contributed by atoms with E-state index in [1.165, 1.54) is 6.33 Å². The second kappa shape index (κ2) is 17.4. The number of hydrogen-bond acceptors (Lipinski definition) is 8. The van der Waals surface area contributed by atoms with Crippen LogP contribution in [0.5, 0.6) is 0 Å². The van der Waals surface area contributed by atoms with E-state index in [4.69, 9.17) is 0 Å². The molecular formula is C35H49N7O4. The molecule has 2 fully saturated rings. The lowest BCUT2D eigenvalue weighted by Crippen LogP contribution is -2.49. The number of anilines is 3. The first-order chi connectivity index (χ1) is 22.3. The Morgan fingerprint density at radius 2 is 1.87 bits per heavy atom. The van der Waals surface area contributed by atoms with Crippen LogP contribution < -0.4 is 20.9 Å². The average Bonchev–Trinajstić information content (AvgIpc) is 3.06. The lowest BCUT2D eigenvalue weighted by atomic mass is 9.92. The fourth-order valence-electron chi connectivity index (χ4n) is 6.15. The lowest BCUT2D eigenvalue weighted by Gasteiger charge is -2.34. The molecule has 0 aliphatic carbocycles. The molecule has 248 valence electrons. The monoisotopic (exact) mass is 631 g/mol. The van der Waals surface area contributed by atoms with E-state index in [0.29, 0.717) is 42.6 Å². The number of piperidine rings is 2. The van der Waals surface area contributed by atoms with Gasteiger partial charge in [0.05, 0.1) is 11.5 Å². The van der Waals surface area contributed by atoms with E-state index in [1.807, 2.05) is 13.0 Å². The highest BCUT2D eigenvalue weighted by Gasteiger charge is 2.31. The Morgan fingerprint density at radius 3 is 2.57 bits per heavy atom. The quantitative estimate of drug-likeness (QED) is 0.164. The van der Waals surface area contributed by atoms with E-state index >= 15 is 0 Å². The van der Waals surface area contributed by atoms with Gasteiger partial charge in [0.25, 0.3) is 0 Å². The van der Waals surface area contributed by atoms with Crippen molar-refractivity contribution in [1.82, 2.24) is 20.2 Å². The summed E-state index contributed by atoms with van der Waals surface area (Å²) in [5.74, 6) is 0.217. The number of amides is 2. The number of carboxylic acids is 1. The molecule has 11 nitrogen and oxygen atoms in total. The molecule has 4 rings (SSSR count). The van der Waals surface area contributed by atoms with Crippen molar-refractivity contribution >= 4 is 41.2 Å². The van der Waals surface area contributed by atoms with E-state index in [2.05, 4.69) is 55.4 Å². The molecule has 4 N–H and O–H groups in total. The maximum Gasteiger partial charge on any atom is 0.326 e. The largest absolute Gasteiger partial charge is 0.480 e. The number of aromatic nitrogens is 2. The summed E-state index contributed by atoms with van der Waals surface area (Å²) in [5.41, 5.74) is 2.22. The van der Waals surface area contributed by atoms with Crippen LogP contribution in [0.4, 0.5) is 17.3 Å². The van der Waals surface area contributed by atoms with Gasteiger partial charge < -0.3 is 30.9 Å². The highest BCUT2D eigenvalue weighted by molar-refractivity contribution is 5.90. The summed E-state index contributed by atoms with van der Waals surface area (Å²) < 4.78 is 0. The summed E-state index contributed by atoms with van der Waals surface area (Å²) in [6, 6.07) is 6.09. The molecule has 0 bridgehead atoms. The minimum atomic E-state index is -1.09. The smallest absolute Gasteiger partial charge is 0.326 e. The number of carbonyl (C=O) groups is 3. The molecule has 0 spiro atoms. The van der Waals surface area contributed by atoms with E-state index in [1.54, 1.807) is 30.3 Å². The zero-order valence-corrected chi connectivity index (χ0v) is 27.2. The number of rotatable bonds is 15. The first-order valence-corrected chi connectivity index (χ1v) is 16.4. The van der Waals surface area contributed by atoms with E-state index in [0.717, 1.165) is 69.4 Å². The highest BCUT2D eigenvalue weighted by Crippen LogP contribution is 2.29. The van der Waals surface area contributed by atoms with Gasteiger partial charge in [0.2, 0.25) is 11.8 Å². The van der Waals surface area contributed by atoms with Crippen LogP contribution in [0.15, 0.2) is 49.3 Å². The van der Waals surface area contributed by atoms with Crippen LogP contribution in [-0.2, 0) is 20.8 Å². The van der Waals surface area contributed by atoms with Gasteiger partial charge in [-0.05, 0) is 89.2 Å². The summed E-state index contributed by atoms with van der Waals surface area (Å²) in [4.78, 5) is 51.3. The fourth-order valence-corrected chi connectivity index (χ4v) is 6.15. The number of likely N-dealkylation sites (tertiary alicyclic amines) is 1. The van der Waals surface area contributed by atoms with Crippen LogP contribution in [-0.4, -0.2) is 83.6 Å². The Labute approximate surface area is 272 Å². The molecule has 2 aromatic rings. The number of hydrogen-bond donors (Lipinski definition) is 4. The normalized spacial score (nSPS) is 18.2. The number of benzene rings is 1. The molecule has 2 amide bonds. The zero-order chi connectivity index (χ0) is 32.9. The second-order valence-corrected chi connectivity index (χ2v) is 12.4. The van der Waals surface area contributed by atoms with Crippen LogP contribution in [0, 0.1) is 11.8 Å². The van der Waals surface area contributed by atoms with Gasteiger partial charge in [0, 0.05) is 38.2 Å². The molecule has 2 aliphatic rings. The Balaban J connectivity index is 1.30. The van der Waals surface area contributed by atoms with Crippen molar-refractivity contribution < 1.29 is 19.5 Å². The third kappa shape index (κ3) is 10.1. The number of aliphatic carboxylic acids is 1. The maximum absolute atomic E-state index is 13.3.